The molecular formula is C33H29NO5. The van der Waals surface area contributed by atoms with E-state index in [9.17, 15) is 14.7 Å². The summed E-state index contributed by atoms with van der Waals surface area (Å²) in [6.45, 7) is 0.693. The van der Waals surface area contributed by atoms with Gasteiger partial charge in [-0.1, -0.05) is 72.8 Å². The molecule has 1 aliphatic rings. The van der Waals surface area contributed by atoms with Crippen LogP contribution in [0.1, 0.15) is 28.3 Å². The lowest BCUT2D eigenvalue weighted by Gasteiger charge is -2.26. The van der Waals surface area contributed by atoms with Crippen LogP contribution in [0, 0.1) is 0 Å². The fraction of sp³-hybridized carbons (Fsp3) is 0.152. The van der Waals surface area contributed by atoms with Gasteiger partial charge in [-0.05, 0) is 59.5 Å². The van der Waals surface area contributed by atoms with E-state index in [1.807, 2.05) is 84.9 Å². The van der Waals surface area contributed by atoms with E-state index in [1.54, 1.807) is 36.3 Å². The van der Waals surface area contributed by atoms with Crippen LogP contribution in [0.5, 0.6) is 11.5 Å². The first-order valence-corrected chi connectivity index (χ1v) is 12.8. The number of benzene rings is 4. The molecular weight excluding hydrogens is 490 g/mol. The highest BCUT2D eigenvalue weighted by molar-refractivity contribution is 6.46. The molecule has 1 heterocycles. The van der Waals surface area contributed by atoms with E-state index in [0.29, 0.717) is 42.2 Å². The molecule has 1 aliphatic heterocycles. The quantitative estimate of drug-likeness (QED) is 0.168. The van der Waals surface area contributed by atoms with Gasteiger partial charge in [0.1, 0.15) is 23.9 Å². The minimum absolute atomic E-state index is 0.0541. The van der Waals surface area contributed by atoms with Gasteiger partial charge in [-0.3, -0.25) is 9.59 Å². The highest BCUT2D eigenvalue weighted by Gasteiger charge is 2.46. The fourth-order valence-corrected chi connectivity index (χ4v) is 4.77. The van der Waals surface area contributed by atoms with Crippen molar-refractivity contribution in [2.45, 2.75) is 19.1 Å². The first kappa shape index (κ1) is 25.8. The number of Topliss-reactive ketones (excluding diaryl/α,β-unsaturated/α-hetero) is 1. The molecule has 6 heteroatoms. The predicted molar refractivity (Wildman–Crippen MR) is 149 cm³/mol. The molecule has 4 aromatic carbocycles. The number of aliphatic hydroxyl groups is 1. The summed E-state index contributed by atoms with van der Waals surface area (Å²) < 4.78 is 11.3. The number of methoxy groups -OCH3 is 1. The molecule has 4 aromatic rings. The van der Waals surface area contributed by atoms with Gasteiger partial charge >= 0.3 is 0 Å². The van der Waals surface area contributed by atoms with Crippen molar-refractivity contribution in [3.05, 3.63) is 137 Å². The number of ether oxygens (including phenoxy) is 2. The minimum Gasteiger partial charge on any atom is -0.507 e. The number of nitrogens with zero attached hydrogens (tertiary/aromatic N) is 1. The highest BCUT2D eigenvalue weighted by atomic mass is 16.5. The van der Waals surface area contributed by atoms with Crippen LogP contribution in [0.2, 0.25) is 0 Å². The molecule has 6 nitrogen and oxygen atoms in total. The Morgan fingerprint density at radius 2 is 1.46 bits per heavy atom. The van der Waals surface area contributed by atoms with Gasteiger partial charge in [0, 0.05) is 12.1 Å². The molecule has 1 amide bonds. The smallest absolute Gasteiger partial charge is 0.295 e. The van der Waals surface area contributed by atoms with Gasteiger partial charge in [-0.2, -0.15) is 0 Å². The maximum atomic E-state index is 13.4. The molecule has 0 aliphatic carbocycles. The van der Waals surface area contributed by atoms with Crippen LogP contribution in [-0.2, 0) is 22.6 Å². The topological polar surface area (TPSA) is 76.1 Å². The van der Waals surface area contributed by atoms with Crippen LogP contribution >= 0.6 is 0 Å². The SMILES string of the molecule is COc1ccc(/C(O)=C2\C(=O)C(=O)N(CCc3ccccc3)C2c2cccc(OCc3ccccc3)c2)cc1. The lowest BCUT2D eigenvalue weighted by molar-refractivity contribution is -0.139. The van der Waals surface area contributed by atoms with Crippen LogP contribution < -0.4 is 9.47 Å². The molecule has 0 saturated carbocycles. The van der Waals surface area contributed by atoms with Gasteiger partial charge in [0.2, 0.25) is 0 Å². The van der Waals surface area contributed by atoms with Gasteiger partial charge in [0.25, 0.3) is 11.7 Å². The summed E-state index contributed by atoms with van der Waals surface area (Å²) in [4.78, 5) is 28.3. The lowest BCUT2D eigenvalue weighted by Crippen LogP contribution is -2.31. The van der Waals surface area contributed by atoms with E-state index in [2.05, 4.69) is 0 Å². The second-order valence-electron chi connectivity index (χ2n) is 9.30. The molecule has 5 rings (SSSR count). The first-order chi connectivity index (χ1) is 19.0. The summed E-state index contributed by atoms with van der Waals surface area (Å²) in [6, 6.07) is 32.9. The van der Waals surface area contributed by atoms with E-state index in [0.717, 1.165) is 11.1 Å². The van der Waals surface area contributed by atoms with Crippen molar-refractivity contribution in [2.24, 2.45) is 0 Å². The number of aliphatic hydroxyl groups excluding tert-OH is 1. The number of amides is 1. The maximum Gasteiger partial charge on any atom is 0.295 e. The first-order valence-electron chi connectivity index (χ1n) is 12.8. The molecule has 0 aromatic heterocycles. The minimum atomic E-state index is -0.768. The van der Waals surface area contributed by atoms with Crippen LogP contribution in [0.4, 0.5) is 0 Å². The molecule has 196 valence electrons. The number of carbonyl (C=O) groups is 2. The second kappa shape index (κ2) is 11.7. The summed E-state index contributed by atoms with van der Waals surface area (Å²) in [5.74, 6) is -0.346. The van der Waals surface area contributed by atoms with E-state index >= 15 is 0 Å². The molecule has 0 radical (unpaired) electrons. The number of rotatable bonds is 9. The van der Waals surface area contributed by atoms with E-state index in [-0.39, 0.29) is 11.3 Å². The van der Waals surface area contributed by atoms with Gasteiger partial charge in [0.15, 0.2) is 0 Å². The van der Waals surface area contributed by atoms with Crippen LogP contribution in [-0.4, -0.2) is 35.4 Å². The molecule has 39 heavy (non-hydrogen) atoms. The molecule has 0 bridgehead atoms. The van der Waals surface area contributed by atoms with Crippen molar-refractivity contribution in [2.75, 3.05) is 13.7 Å². The Bertz CT molecular complexity index is 1480. The van der Waals surface area contributed by atoms with Gasteiger partial charge in [-0.25, -0.2) is 0 Å². The third-order valence-corrected chi connectivity index (χ3v) is 6.81. The fourth-order valence-electron chi connectivity index (χ4n) is 4.77. The average molecular weight is 520 g/mol. The Labute approximate surface area is 227 Å². The number of hydrogen-bond donors (Lipinski definition) is 1. The Balaban J connectivity index is 1.52. The molecule has 1 N–H and O–H groups in total. The molecule has 1 atom stereocenters. The standard InChI is InChI=1S/C33H29NO5/c1-38-27-17-15-25(16-18-27)31(35)29-30(34(33(37)32(29)36)20-19-23-9-4-2-5-10-23)26-13-8-14-28(21-26)39-22-24-11-6-3-7-12-24/h2-18,21,30,35H,19-20,22H2,1H3/b31-29+. The molecule has 1 fully saturated rings. The highest BCUT2D eigenvalue weighted by Crippen LogP contribution is 2.40. The number of hydrogen-bond acceptors (Lipinski definition) is 5. The van der Waals surface area contributed by atoms with Crippen LogP contribution in [0.15, 0.2) is 115 Å². The summed E-state index contributed by atoms with van der Waals surface area (Å²) in [6.07, 6.45) is 0.567. The van der Waals surface area contributed by atoms with E-state index in [1.165, 1.54) is 0 Å². The van der Waals surface area contributed by atoms with E-state index < -0.39 is 17.7 Å². The van der Waals surface area contributed by atoms with Crippen molar-refractivity contribution < 1.29 is 24.2 Å². The monoisotopic (exact) mass is 519 g/mol. The number of likely N-dealkylation sites (tertiary alicyclic amines) is 1. The van der Waals surface area contributed by atoms with Crippen molar-refractivity contribution in [1.29, 1.82) is 0 Å². The van der Waals surface area contributed by atoms with Crippen LogP contribution in [0.25, 0.3) is 5.76 Å². The molecule has 0 spiro atoms. The zero-order valence-electron chi connectivity index (χ0n) is 21.6. The summed E-state index contributed by atoms with van der Waals surface area (Å²) in [5, 5.41) is 11.3. The predicted octanol–water partition coefficient (Wildman–Crippen LogP) is 5.94. The Morgan fingerprint density at radius 3 is 2.13 bits per heavy atom. The average Bonchev–Trinajstić information content (AvgIpc) is 3.25. The second-order valence-corrected chi connectivity index (χ2v) is 9.30. The van der Waals surface area contributed by atoms with E-state index in [4.69, 9.17) is 9.47 Å². The van der Waals surface area contributed by atoms with Crippen molar-refractivity contribution in [3.63, 3.8) is 0 Å². The number of ketones is 1. The van der Waals surface area contributed by atoms with Crippen molar-refractivity contribution in [1.82, 2.24) is 4.90 Å². The van der Waals surface area contributed by atoms with Crippen molar-refractivity contribution in [3.8, 4) is 11.5 Å². The maximum absolute atomic E-state index is 13.4. The third kappa shape index (κ3) is 5.70. The Hall–Kier alpha value is -4.84. The molecule has 1 unspecified atom stereocenters. The normalized spacial score (nSPS) is 16.3. The summed E-state index contributed by atoms with van der Waals surface area (Å²) in [7, 11) is 1.56. The molecule has 1 saturated heterocycles. The Morgan fingerprint density at radius 1 is 0.795 bits per heavy atom. The zero-order chi connectivity index (χ0) is 27.2. The summed E-state index contributed by atoms with van der Waals surface area (Å²) >= 11 is 0. The number of carbonyl (C=O) groups excluding carboxylic acids is 2. The largest absolute Gasteiger partial charge is 0.507 e. The third-order valence-electron chi connectivity index (χ3n) is 6.81. The van der Waals surface area contributed by atoms with Gasteiger partial charge < -0.3 is 19.5 Å². The van der Waals surface area contributed by atoms with Gasteiger partial charge in [-0.15, -0.1) is 0 Å². The zero-order valence-corrected chi connectivity index (χ0v) is 21.6. The van der Waals surface area contributed by atoms with Crippen LogP contribution in [0.3, 0.4) is 0 Å². The summed E-state index contributed by atoms with van der Waals surface area (Å²) in [5.41, 5.74) is 3.24. The Kier molecular flexibility index (Phi) is 7.73. The lowest BCUT2D eigenvalue weighted by atomic mass is 9.95. The van der Waals surface area contributed by atoms with Crippen molar-refractivity contribution >= 4 is 17.4 Å². The van der Waals surface area contributed by atoms with Gasteiger partial charge in [0.05, 0.1) is 18.7 Å².